The van der Waals surface area contributed by atoms with E-state index in [0.717, 1.165) is 33.0 Å². The molecule has 0 aromatic heterocycles. The van der Waals surface area contributed by atoms with E-state index in [1.807, 2.05) is 58.9 Å². The number of carbonyl (C=O) groups is 2. The molecule has 0 radical (unpaired) electrons. The van der Waals surface area contributed by atoms with Crippen molar-refractivity contribution < 1.29 is 22.7 Å². The van der Waals surface area contributed by atoms with E-state index in [-0.39, 0.29) is 17.3 Å². The third-order valence-corrected chi connectivity index (χ3v) is 8.73. The monoisotopic (exact) mass is 579 g/mol. The highest BCUT2D eigenvalue weighted by molar-refractivity contribution is 7.92. The van der Waals surface area contributed by atoms with Gasteiger partial charge in [0.2, 0.25) is 11.8 Å². The molecule has 41 heavy (non-hydrogen) atoms. The van der Waals surface area contributed by atoms with Crippen LogP contribution in [0.3, 0.4) is 0 Å². The second kappa shape index (κ2) is 14.2. The van der Waals surface area contributed by atoms with Crippen LogP contribution >= 0.6 is 0 Å². The molecule has 220 valence electrons. The fourth-order valence-corrected chi connectivity index (χ4v) is 6.13. The van der Waals surface area contributed by atoms with Crippen molar-refractivity contribution in [3.8, 4) is 5.75 Å². The van der Waals surface area contributed by atoms with Gasteiger partial charge in [0, 0.05) is 13.1 Å². The van der Waals surface area contributed by atoms with Gasteiger partial charge >= 0.3 is 0 Å². The number of anilines is 1. The minimum absolute atomic E-state index is 0.0882. The number of ether oxygens (including phenoxy) is 1. The Labute approximate surface area is 244 Å². The average molecular weight is 580 g/mol. The van der Waals surface area contributed by atoms with Crippen molar-refractivity contribution in [1.82, 2.24) is 10.2 Å². The summed E-state index contributed by atoms with van der Waals surface area (Å²) in [6, 6.07) is 18.5. The summed E-state index contributed by atoms with van der Waals surface area (Å²) < 4.78 is 34.5. The largest absolute Gasteiger partial charge is 0.497 e. The van der Waals surface area contributed by atoms with Gasteiger partial charge in [-0.1, -0.05) is 61.4 Å². The van der Waals surface area contributed by atoms with Crippen LogP contribution in [0.4, 0.5) is 5.69 Å². The Balaban J connectivity index is 2.07. The third-order valence-electron chi connectivity index (χ3n) is 6.96. The highest BCUT2D eigenvalue weighted by Gasteiger charge is 2.34. The number of amides is 2. The zero-order valence-corrected chi connectivity index (χ0v) is 25.6. The number of aryl methyl sites for hydroxylation is 3. The van der Waals surface area contributed by atoms with Crippen molar-refractivity contribution in [2.24, 2.45) is 0 Å². The van der Waals surface area contributed by atoms with Gasteiger partial charge in [-0.25, -0.2) is 8.42 Å². The zero-order chi connectivity index (χ0) is 30.2. The Morgan fingerprint density at radius 2 is 1.54 bits per heavy atom. The first kappa shape index (κ1) is 31.7. The minimum atomic E-state index is -4.11. The van der Waals surface area contributed by atoms with E-state index in [1.165, 1.54) is 4.90 Å². The molecule has 0 spiro atoms. The second-order valence-electron chi connectivity index (χ2n) is 10.2. The summed E-state index contributed by atoms with van der Waals surface area (Å²) in [5.74, 6) is -0.0739. The first-order valence-electron chi connectivity index (χ1n) is 13.9. The highest BCUT2D eigenvalue weighted by atomic mass is 32.2. The van der Waals surface area contributed by atoms with Gasteiger partial charge in [-0.3, -0.25) is 13.9 Å². The normalized spacial score (nSPS) is 12.0. The molecule has 0 aliphatic heterocycles. The van der Waals surface area contributed by atoms with Gasteiger partial charge in [-0.2, -0.15) is 0 Å². The summed E-state index contributed by atoms with van der Waals surface area (Å²) in [6.45, 7) is 9.59. The zero-order valence-electron chi connectivity index (χ0n) is 24.8. The lowest BCUT2D eigenvalue weighted by atomic mass is 10.1. The fourth-order valence-electron chi connectivity index (χ4n) is 4.65. The number of rotatable bonds is 13. The first-order chi connectivity index (χ1) is 19.5. The number of hydrogen-bond acceptors (Lipinski definition) is 5. The van der Waals surface area contributed by atoms with E-state index in [4.69, 9.17) is 4.74 Å². The van der Waals surface area contributed by atoms with Crippen LogP contribution in [-0.2, 0) is 26.2 Å². The Hall–Kier alpha value is -3.85. The second-order valence-corrected chi connectivity index (χ2v) is 12.1. The van der Waals surface area contributed by atoms with Crippen molar-refractivity contribution in [3.63, 3.8) is 0 Å². The van der Waals surface area contributed by atoms with Gasteiger partial charge in [-0.15, -0.1) is 0 Å². The summed E-state index contributed by atoms with van der Waals surface area (Å²) in [6.07, 6.45) is 1.12. The molecule has 9 heteroatoms. The predicted molar refractivity (Wildman–Crippen MR) is 163 cm³/mol. The van der Waals surface area contributed by atoms with E-state index < -0.39 is 28.5 Å². The molecule has 0 aliphatic rings. The molecular weight excluding hydrogens is 538 g/mol. The average Bonchev–Trinajstić information content (AvgIpc) is 2.95. The van der Waals surface area contributed by atoms with Crippen LogP contribution in [0.1, 0.15) is 48.9 Å². The number of nitrogens with zero attached hydrogens (tertiary/aromatic N) is 2. The molecule has 3 rings (SSSR count). The van der Waals surface area contributed by atoms with Crippen LogP contribution in [0.2, 0.25) is 0 Å². The SMILES string of the molecule is CCCNC(=O)[C@@H](CC)N(Cc1ccc(OC)cc1)C(=O)CN(c1ccc(C)cc1C)S(=O)(=O)c1ccc(C)cc1. The van der Waals surface area contributed by atoms with Crippen molar-refractivity contribution >= 4 is 27.5 Å². The van der Waals surface area contributed by atoms with Crippen molar-refractivity contribution in [1.29, 1.82) is 0 Å². The van der Waals surface area contributed by atoms with Crippen LogP contribution in [0.5, 0.6) is 5.75 Å². The van der Waals surface area contributed by atoms with Crippen LogP contribution in [0.15, 0.2) is 71.6 Å². The summed E-state index contributed by atoms with van der Waals surface area (Å²) in [5, 5.41) is 2.90. The first-order valence-corrected chi connectivity index (χ1v) is 15.3. The third kappa shape index (κ3) is 7.88. The van der Waals surface area contributed by atoms with E-state index in [2.05, 4.69) is 5.32 Å². The van der Waals surface area contributed by atoms with Gasteiger partial charge < -0.3 is 15.0 Å². The topological polar surface area (TPSA) is 96.0 Å². The predicted octanol–water partition coefficient (Wildman–Crippen LogP) is 5.15. The standard InChI is InChI=1S/C32H41N3O5S/c1-7-19-33-32(37)29(8-2)34(21-26-12-14-27(40-6)15-13-26)31(36)22-35(30-18-11-24(4)20-25(30)5)41(38,39)28-16-9-23(3)10-17-28/h9-18,20,29H,7-8,19,21-22H2,1-6H3,(H,33,37)/t29-/m1/s1. The quantitative estimate of drug-likeness (QED) is 0.302. The van der Waals surface area contributed by atoms with Crippen molar-refractivity contribution in [2.45, 2.75) is 64.9 Å². The maximum Gasteiger partial charge on any atom is 0.264 e. The number of benzene rings is 3. The molecule has 0 aliphatic carbocycles. The molecule has 3 aromatic rings. The number of methoxy groups -OCH3 is 1. The highest BCUT2D eigenvalue weighted by Crippen LogP contribution is 2.28. The number of carbonyl (C=O) groups excluding carboxylic acids is 2. The molecule has 0 bridgehead atoms. The van der Waals surface area contributed by atoms with E-state index in [9.17, 15) is 18.0 Å². The summed E-state index contributed by atoms with van der Waals surface area (Å²) >= 11 is 0. The van der Waals surface area contributed by atoms with Gasteiger partial charge in [0.05, 0.1) is 17.7 Å². The molecule has 3 aromatic carbocycles. The Morgan fingerprint density at radius 3 is 2.10 bits per heavy atom. The molecule has 0 saturated carbocycles. The smallest absolute Gasteiger partial charge is 0.264 e. The van der Waals surface area contributed by atoms with E-state index >= 15 is 0 Å². The van der Waals surface area contributed by atoms with E-state index in [1.54, 1.807) is 49.6 Å². The van der Waals surface area contributed by atoms with Crippen LogP contribution in [0, 0.1) is 20.8 Å². The molecule has 0 unspecified atom stereocenters. The Bertz CT molecular complexity index is 1440. The molecule has 0 heterocycles. The minimum Gasteiger partial charge on any atom is -0.497 e. The van der Waals surface area contributed by atoms with Crippen LogP contribution in [-0.4, -0.2) is 51.4 Å². The summed E-state index contributed by atoms with van der Waals surface area (Å²) in [4.78, 5) is 28.9. The molecule has 0 saturated heterocycles. The number of nitrogens with one attached hydrogen (secondary N) is 1. The number of sulfonamides is 1. The van der Waals surface area contributed by atoms with Crippen LogP contribution < -0.4 is 14.4 Å². The molecule has 0 fully saturated rings. The molecule has 2 amide bonds. The van der Waals surface area contributed by atoms with E-state index in [0.29, 0.717) is 24.4 Å². The Morgan fingerprint density at radius 1 is 0.902 bits per heavy atom. The van der Waals surface area contributed by atoms with Crippen molar-refractivity contribution in [2.75, 3.05) is 24.5 Å². The Kier molecular flexibility index (Phi) is 10.9. The summed E-state index contributed by atoms with van der Waals surface area (Å²) in [5.41, 5.74) is 3.83. The van der Waals surface area contributed by atoms with Gasteiger partial charge in [0.25, 0.3) is 10.0 Å². The molecule has 8 nitrogen and oxygen atoms in total. The maximum atomic E-state index is 14.2. The lowest BCUT2D eigenvalue weighted by Crippen LogP contribution is -2.52. The molecule has 1 N–H and O–H groups in total. The van der Waals surface area contributed by atoms with Gasteiger partial charge in [0.1, 0.15) is 18.3 Å². The number of hydrogen-bond donors (Lipinski definition) is 1. The van der Waals surface area contributed by atoms with Crippen molar-refractivity contribution in [3.05, 3.63) is 89.0 Å². The molecule has 1 atom stereocenters. The summed E-state index contributed by atoms with van der Waals surface area (Å²) in [7, 11) is -2.54. The van der Waals surface area contributed by atoms with Gasteiger partial charge in [-0.05, 0) is 75.1 Å². The maximum absolute atomic E-state index is 14.2. The lowest BCUT2D eigenvalue weighted by Gasteiger charge is -2.33. The van der Waals surface area contributed by atoms with Crippen LogP contribution in [0.25, 0.3) is 0 Å². The molecular formula is C32H41N3O5S. The lowest BCUT2D eigenvalue weighted by molar-refractivity contribution is -0.140. The fraction of sp³-hybridized carbons (Fsp3) is 0.375. The van der Waals surface area contributed by atoms with Gasteiger partial charge in [0.15, 0.2) is 0 Å².